The molecule has 1 atom stereocenters. The summed E-state index contributed by atoms with van der Waals surface area (Å²) in [7, 11) is 0. The van der Waals surface area contributed by atoms with E-state index >= 15 is 0 Å². The van der Waals surface area contributed by atoms with Crippen molar-refractivity contribution in [1.29, 1.82) is 0 Å². The van der Waals surface area contributed by atoms with Gasteiger partial charge in [-0.25, -0.2) is 0 Å². The van der Waals surface area contributed by atoms with Crippen LogP contribution >= 0.6 is 0 Å². The quantitative estimate of drug-likeness (QED) is 0.668. The van der Waals surface area contributed by atoms with E-state index < -0.39 is 0 Å². The SMILES string of the molecule is CCC(Cc1ccccc1)Nc1ccc2ccccc2c1. The Labute approximate surface area is 126 Å². The second kappa shape index (κ2) is 6.45. The van der Waals surface area contributed by atoms with E-state index in [2.05, 4.69) is 85.0 Å². The van der Waals surface area contributed by atoms with Crippen LogP contribution in [0.25, 0.3) is 10.8 Å². The second-order valence-corrected chi connectivity index (χ2v) is 5.50. The van der Waals surface area contributed by atoms with Crippen LogP contribution in [-0.4, -0.2) is 6.04 Å². The van der Waals surface area contributed by atoms with E-state index in [1.165, 1.54) is 22.0 Å². The first-order valence-electron chi connectivity index (χ1n) is 7.64. The van der Waals surface area contributed by atoms with Crippen molar-refractivity contribution in [1.82, 2.24) is 0 Å². The Morgan fingerprint density at radius 3 is 2.29 bits per heavy atom. The normalized spacial score (nSPS) is 12.2. The van der Waals surface area contributed by atoms with Gasteiger partial charge in [0.15, 0.2) is 0 Å². The van der Waals surface area contributed by atoms with Crippen LogP contribution in [-0.2, 0) is 6.42 Å². The number of hydrogen-bond acceptors (Lipinski definition) is 1. The second-order valence-electron chi connectivity index (χ2n) is 5.50. The Hall–Kier alpha value is -2.28. The summed E-state index contributed by atoms with van der Waals surface area (Å²) in [6, 6.07) is 26.2. The molecule has 0 heterocycles. The van der Waals surface area contributed by atoms with Crippen LogP contribution in [0.3, 0.4) is 0 Å². The number of hydrogen-bond donors (Lipinski definition) is 1. The van der Waals surface area contributed by atoms with Gasteiger partial charge in [0, 0.05) is 11.7 Å². The standard InChI is InChI=1S/C20H21N/c1-2-19(14-16-8-4-3-5-9-16)21-20-13-12-17-10-6-7-11-18(17)15-20/h3-13,15,19,21H,2,14H2,1H3. The van der Waals surface area contributed by atoms with Crippen molar-refractivity contribution in [2.24, 2.45) is 0 Å². The average Bonchev–Trinajstić information content (AvgIpc) is 2.55. The van der Waals surface area contributed by atoms with Gasteiger partial charge in [0.25, 0.3) is 0 Å². The van der Waals surface area contributed by atoms with E-state index in [-0.39, 0.29) is 0 Å². The topological polar surface area (TPSA) is 12.0 Å². The Balaban J connectivity index is 1.76. The van der Waals surface area contributed by atoms with Crippen molar-refractivity contribution in [2.45, 2.75) is 25.8 Å². The maximum Gasteiger partial charge on any atom is 0.0348 e. The molecule has 1 unspecified atom stereocenters. The first-order chi connectivity index (χ1) is 10.3. The predicted octanol–water partition coefficient (Wildman–Crippen LogP) is 5.27. The number of benzene rings is 3. The highest BCUT2D eigenvalue weighted by Crippen LogP contribution is 2.20. The van der Waals surface area contributed by atoms with Crippen molar-refractivity contribution in [3.05, 3.63) is 78.4 Å². The molecule has 3 aromatic rings. The molecule has 0 aliphatic carbocycles. The summed E-state index contributed by atoms with van der Waals surface area (Å²) in [5, 5.41) is 6.25. The molecule has 1 heteroatoms. The molecule has 21 heavy (non-hydrogen) atoms. The summed E-state index contributed by atoms with van der Waals surface area (Å²) in [6.45, 7) is 2.24. The van der Waals surface area contributed by atoms with Crippen molar-refractivity contribution in [3.8, 4) is 0 Å². The average molecular weight is 275 g/mol. The van der Waals surface area contributed by atoms with Gasteiger partial charge in [-0.2, -0.15) is 0 Å². The van der Waals surface area contributed by atoms with E-state index in [0.717, 1.165) is 12.8 Å². The molecule has 0 saturated carbocycles. The van der Waals surface area contributed by atoms with E-state index in [9.17, 15) is 0 Å². The molecule has 0 spiro atoms. The molecule has 1 nitrogen and oxygen atoms in total. The zero-order chi connectivity index (χ0) is 14.5. The van der Waals surface area contributed by atoms with Crippen LogP contribution in [0.15, 0.2) is 72.8 Å². The summed E-state index contributed by atoms with van der Waals surface area (Å²) < 4.78 is 0. The van der Waals surface area contributed by atoms with Crippen LogP contribution in [0.5, 0.6) is 0 Å². The van der Waals surface area contributed by atoms with Crippen molar-refractivity contribution in [3.63, 3.8) is 0 Å². The van der Waals surface area contributed by atoms with E-state index in [0.29, 0.717) is 6.04 Å². The maximum atomic E-state index is 3.67. The largest absolute Gasteiger partial charge is 0.382 e. The molecule has 0 radical (unpaired) electrons. The molecule has 0 fully saturated rings. The van der Waals surface area contributed by atoms with Crippen LogP contribution in [0, 0.1) is 0 Å². The van der Waals surface area contributed by atoms with E-state index in [1.54, 1.807) is 0 Å². The molecular formula is C20H21N. The Morgan fingerprint density at radius 2 is 1.52 bits per heavy atom. The highest BCUT2D eigenvalue weighted by atomic mass is 14.9. The predicted molar refractivity (Wildman–Crippen MR) is 91.8 cm³/mol. The Morgan fingerprint density at radius 1 is 0.810 bits per heavy atom. The number of fused-ring (bicyclic) bond motifs is 1. The lowest BCUT2D eigenvalue weighted by Crippen LogP contribution is -2.21. The molecule has 3 aromatic carbocycles. The number of nitrogens with one attached hydrogen (secondary N) is 1. The van der Waals surface area contributed by atoms with Gasteiger partial charge < -0.3 is 5.32 Å². The van der Waals surface area contributed by atoms with Crippen LogP contribution in [0.4, 0.5) is 5.69 Å². The van der Waals surface area contributed by atoms with Crippen LogP contribution in [0.2, 0.25) is 0 Å². The summed E-state index contributed by atoms with van der Waals surface area (Å²) >= 11 is 0. The molecule has 1 N–H and O–H groups in total. The minimum Gasteiger partial charge on any atom is -0.382 e. The molecular weight excluding hydrogens is 254 g/mol. The van der Waals surface area contributed by atoms with Gasteiger partial charge in [0.1, 0.15) is 0 Å². The molecule has 106 valence electrons. The minimum atomic E-state index is 0.466. The summed E-state index contributed by atoms with van der Waals surface area (Å²) in [6.07, 6.45) is 2.17. The van der Waals surface area contributed by atoms with Crippen LogP contribution < -0.4 is 5.32 Å². The molecule has 0 aromatic heterocycles. The zero-order valence-corrected chi connectivity index (χ0v) is 12.4. The third-order valence-corrected chi connectivity index (χ3v) is 3.94. The lowest BCUT2D eigenvalue weighted by Gasteiger charge is -2.19. The zero-order valence-electron chi connectivity index (χ0n) is 12.4. The van der Waals surface area contributed by atoms with E-state index in [1.807, 2.05) is 0 Å². The third kappa shape index (κ3) is 3.43. The fourth-order valence-corrected chi connectivity index (χ4v) is 2.71. The molecule has 0 saturated heterocycles. The Bertz CT molecular complexity index is 703. The lowest BCUT2D eigenvalue weighted by molar-refractivity contribution is 0.690. The summed E-state index contributed by atoms with van der Waals surface area (Å²) in [5.41, 5.74) is 2.59. The van der Waals surface area contributed by atoms with Gasteiger partial charge in [-0.15, -0.1) is 0 Å². The highest BCUT2D eigenvalue weighted by Gasteiger charge is 2.07. The van der Waals surface area contributed by atoms with Crippen molar-refractivity contribution >= 4 is 16.5 Å². The van der Waals surface area contributed by atoms with Gasteiger partial charge >= 0.3 is 0 Å². The van der Waals surface area contributed by atoms with Crippen molar-refractivity contribution in [2.75, 3.05) is 5.32 Å². The first kappa shape index (κ1) is 13.7. The fourth-order valence-electron chi connectivity index (χ4n) is 2.71. The number of anilines is 1. The van der Waals surface area contributed by atoms with Crippen LogP contribution in [0.1, 0.15) is 18.9 Å². The van der Waals surface area contributed by atoms with E-state index in [4.69, 9.17) is 0 Å². The molecule has 0 amide bonds. The van der Waals surface area contributed by atoms with Gasteiger partial charge in [0.05, 0.1) is 0 Å². The van der Waals surface area contributed by atoms with Crippen molar-refractivity contribution < 1.29 is 0 Å². The summed E-state index contributed by atoms with van der Waals surface area (Å²) in [4.78, 5) is 0. The fraction of sp³-hybridized carbons (Fsp3) is 0.200. The molecule has 0 aliphatic rings. The smallest absolute Gasteiger partial charge is 0.0348 e. The summed E-state index contributed by atoms with van der Waals surface area (Å²) in [5.74, 6) is 0. The molecule has 0 aliphatic heterocycles. The number of rotatable bonds is 5. The first-order valence-corrected chi connectivity index (χ1v) is 7.64. The maximum absolute atomic E-state index is 3.67. The van der Waals surface area contributed by atoms with Gasteiger partial charge in [-0.05, 0) is 41.3 Å². The molecule has 0 bridgehead atoms. The third-order valence-electron chi connectivity index (χ3n) is 3.94. The van der Waals surface area contributed by atoms with Gasteiger partial charge in [-0.3, -0.25) is 0 Å². The van der Waals surface area contributed by atoms with Gasteiger partial charge in [-0.1, -0.05) is 67.6 Å². The van der Waals surface area contributed by atoms with Gasteiger partial charge in [0.2, 0.25) is 0 Å². The minimum absolute atomic E-state index is 0.466. The highest BCUT2D eigenvalue weighted by molar-refractivity contribution is 5.85. The molecule has 3 rings (SSSR count). The lowest BCUT2D eigenvalue weighted by atomic mass is 10.0. The Kier molecular flexibility index (Phi) is 4.20. The monoisotopic (exact) mass is 275 g/mol.